The number of aliphatic imine (C=N–C) groups is 1. The zero-order valence-electron chi connectivity index (χ0n) is 7.55. The van der Waals surface area contributed by atoms with Gasteiger partial charge in [0.15, 0.2) is 0 Å². The molecule has 2 aliphatic heterocycles. The fraction of sp³-hybridized carbons (Fsp3) is 0.200. The fourth-order valence-corrected chi connectivity index (χ4v) is 2.26. The number of fused-ring (bicyclic) bond motifs is 1. The van der Waals surface area contributed by atoms with Gasteiger partial charge >= 0.3 is 0 Å². The summed E-state index contributed by atoms with van der Waals surface area (Å²) in [7, 11) is 0. The van der Waals surface area contributed by atoms with Crippen molar-refractivity contribution in [2.24, 2.45) is 10.1 Å². The minimum Gasteiger partial charge on any atom is -0.265 e. The SMILES string of the molecule is C1=CC2=NCCN2N=C1c1cccs1. The molecule has 0 fully saturated rings. The molecule has 14 heavy (non-hydrogen) atoms. The molecule has 0 unspecified atom stereocenters. The number of hydrogen-bond acceptors (Lipinski definition) is 4. The third-order valence-electron chi connectivity index (χ3n) is 2.24. The van der Waals surface area contributed by atoms with Crippen LogP contribution in [0.3, 0.4) is 0 Å². The minimum absolute atomic E-state index is 0.862. The van der Waals surface area contributed by atoms with Gasteiger partial charge in [-0.1, -0.05) is 6.07 Å². The summed E-state index contributed by atoms with van der Waals surface area (Å²) in [5.74, 6) is 0.991. The maximum atomic E-state index is 4.53. The number of hydrazone groups is 1. The Labute approximate surface area is 86.1 Å². The van der Waals surface area contributed by atoms with Crippen LogP contribution in [0.15, 0.2) is 39.8 Å². The standard InChI is InChI=1S/C10H9N3S/c1-2-9(14-7-1)8-3-4-10-11-5-6-13(10)12-8/h1-4,7H,5-6H2. The van der Waals surface area contributed by atoms with Gasteiger partial charge in [0.2, 0.25) is 0 Å². The largest absolute Gasteiger partial charge is 0.265 e. The van der Waals surface area contributed by atoms with Crippen LogP contribution in [0.4, 0.5) is 0 Å². The van der Waals surface area contributed by atoms with E-state index in [1.807, 2.05) is 23.2 Å². The molecule has 0 bridgehead atoms. The van der Waals surface area contributed by atoms with Crippen molar-refractivity contribution in [2.75, 3.05) is 13.1 Å². The first kappa shape index (κ1) is 7.94. The summed E-state index contributed by atoms with van der Waals surface area (Å²) in [5.41, 5.74) is 1.04. The molecule has 3 heterocycles. The summed E-state index contributed by atoms with van der Waals surface area (Å²) in [6.45, 7) is 1.77. The summed E-state index contributed by atoms with van der Waals surface area (Å²) in [5, 5.41) is 8.57. The van der Waals surface area contributed by atoms with Crippen LogP contribution in [0, 0.1) is 0 Å². The second kappa shape index (κ2) is 3.06. The van der Waals surface area contributed by atoms with Gasteiger partial charge in [0.1, 0.15) is 11.5 Å². The third-order valence-corrected chi connectivity index (χ3v) is 3.13. The van der Waals surface area contributed by atoms with Gasteiger partial charge in [-0.25, -0.2) is 5.01 Å². The van der Waals surface area contributed by atoms with Crippen molar-refractivity contribution in [3.05, 3.63) is 34.5 Å². The maximum absolute atomic E-state index is 4.53. The van der Waals surface area contributed by atoms with E-state index in [1.165, 1.54) is 4.88 Å². The number of thiophene rings is 1. The summed E-state index contributed by atoms with van der Waals surface area (Å²) < 4.78 is 0. The minimum atomic E-state index is 0.862. The van der Waals surface area contributed by atoms with E-state index in [-0.39, 0.29) is 0 Å². The number of nitrogens with zero attached hydrogens (tertiary/aromatic N) is 3. The summed E-state index contributed by atoms with van der Waals surface area (Å²) >= 11 is 1.72. The molecule has 70 valence electrons. The average Bonchev–Trinajstić information content (AvgIpc) is 2.88. The highest BCUT2D eigenvalue weighted by Crippen LogP contribution is 2.16. The van der Waals surface area contributed by atoms with Crippen LogP contribution in [0.2, 0.25) is 0 Å². The second-order valence-electron chi connectivity index (χ2n) is 3.16. The zero-order valence-corrected chi connectivity index (χ0v) is 8.37. The highest BCUT2D eigenvalue weighted by molar-refractivity contribution is 7.12. The molecule has 3 rings (SSSR count). The predicted molar refractivity (Wildman–Crippen MR) is 59.0 cm³/mol. The first-order valence-electron chi connectivity index (χ1n) is 4.56. The summed E-state index contributed by atoms with van der Waals surface area (Å²) in [4.78, 5) is 5.54. The Morgan fingerprint density at radius 3 is 3.21 bits per heavy atom. The zero-order chi connectivity index (χ0) is 9.38. The van der Waals surface area contributed by atoms with Crippen LogP contribution in [-0.4, -0.2) is 29.6 Å². The monoisotopic (exact) mass is 203 g/mol. The molecule has 1 aromatic rings. The van der Waals surface area contributed by atoms with E-state index in [9.17, 15) is 0 Å². The molecule has 1 aromatic heterocycles. The molecule has 4 heteroatoms. The molecule has 0 atom stereocenters. The van der Waals surface area contributed by atoms with E-state index in [1.54, 1.807) is 11.3 Å². The molecular weight excluding hydrogens is 194 g/mol. The van der Waals surface area contributed by atoms with Gasteiger partial charge in [-0.05, 0) is 23.6 Å². The van der Waals surface area contributed by atoms with Crippen molar-refractivity contribution in [3.8, 4) is 0 Å². The quantitative estimate of drug-likeness (QED) is 0.683. The van der Waals surface area contributed by atoms with Crippen LogP contribution < -0.4 is 0 Å². The van der Waals surface area contributed by atoms with E-state index in [0.717, 1.165) is 24.6 Å². The summed E-state index contributed by atoms with van der Waals surface area (Å²) in [6.07, 6.45) is 4.07. The van der Waals surface area contributed by atoms with E-state index >= 15 is 0 Å². The lowest BCUT2D eigenvalue weighted by atomic mass is 10.2. The Bertz CT molecular complexity index is 428. The topological polar surface area (TPSA) is 28.0 Å². The first-order chi connectivity index (χ1) is 6.93. The van der Waals surface area contributed by atoms with Crippen LogP contribution >= 0.6 is 11.3 Å². The average molecular weight is 203 g/mol. The van der Waals surface area contributed by atoms with Gasteiger partial charge < -0.3 is 0 Å². The highest BCUT2D eigenvalue weighted by Gasteiger charge is 2.18. The van der Waals surface area contributed by atoms with Crippen LogP contribution in [0.1, 0.15) is 4.88 Å². The number of allylic oxidation sites excluding steroid dienone is 1. The van der Waals surface area contributed by atoms with Gasteiger partial charge in [-0.3, -0.25) is 4.99 Å². The molecule has 3 nitrogen and oxygen atoms in total. The Kier molecular flexibility index (Phi) is 1.73. The smallest absolute Gasteiger partial charge is 0.144 e. The van der Waals surface area contributed by atoms with Crippen LogP contribution in [0.25, 0.3) is 0 Å². The normalized spacial score (nSPS) is 19.3. The molecule has 0 amide bonds. The van der Waals surface area contributed by atoms with E-state index in [2.05, 4.69) is 21.5 Å². The Morgan fingerprint density at radius 1 is 1.36 bits per heavy atom. The number of amidine groups is 1. The number of hydrogen-bond donors (Lipinski definition) is 0. The van der Waals surface area contributed by atoms with Crippen molar-refractivity contribution in [2.45, 2.75) is 0 Å². The molecule has 0 aromatic carbocycles. The van der Waals surface area contributed by atoms with E-state index in [0.29, 0.717) is 0 Å². The van der Waals surface area contributed by atoms with Gasteiger partial charge in [-0.15, -0.1) is 11.3 Å². The summed E-state index contributed by atoms with van der Waals surface area (Å²) in [6, 6.07) is 4.13. The van der Waals surface area contributed by atoms with E-state index < -0.39 is 0 Å². The lowest BCUT2D eigenvalue weighted by Crippen LogP contribution is -2.25. The first-order valence-corrected chi connectivity index (χ1v) is 5.44. The predicted octanol–water partition coefficient (Wildman–Crippen LogP) is 1.74. The fourth-order valence-electron chi connectivity index (χ4n) is 1.57. The molecule has 2 aliphatic rings. The third kappa shape index (κ3) is 1.19. The van der Waals surface area contributed by atoms with Crippen molar-refractivity contribution in [1.29, 1.82) is 0 Å². The Balaban J connectivity index is 1.97. The van der Waals surface area contributed by atoms with Crippen molar-refractivity contribution in [1.82, 2.24) is 5.01 Å². The number of rotatable bonds is 1. The van der Waals surface area contributed by atoms with Crippen molar-refractivity contribution in [3.63, 3.8) is 0 Å². The molecule has 0 saturated heterocycles. The molecule has 0 radical (unpaired) electrons. The van der Waals surface area contributed by atoms with Gasteiger partial charge in [-0.2, -0.15) is 5.10 Å². The second-order valence-corrected chi connectivity index (χ2v) is 4.11. The van der Waals surface area contributed by atoms with Gasteiger partial charge in [0.05, 0.1) is 18.0 Å². The lowest BCUT2D eigenvalue weighted by molar-refractivity contribution is 0.490. The lowest BCUT2D eigenvalue weighted by Gasteiger charge is -2.16. The molecule has 0 saturated carbocycles. The van der Waals surface area contributed by atoms with Crippen molar-refractivity contribution < 1.29 is 0 Å². The maximum Gasteiger partial charge on any atom is 0.144 e. The van der Waals surface area contributed by atoms with Gasteiger partial charge in [0.25, 0.3) is 0 Å². The molecule has 0 spiro atoms. The highest BCUT2D eigenvalue weighted by atomic mass is 32.1. The van der Waals surface area contributed by atoms with Gasteiger partial charge in [0, 0.05) is 0 Å². The Morgan fingerprint density at radius 2 is 2.36 bits per heavy atom. The Hall–Kier alpha value is -1.42. The molecular formula is C10H9N3S. The van der Waals surface area contributed by atoms with Crippen LogP contribution in [0.5, 0.6) is 0 Å². The van der Waals surface area contributed by atoms with Crippen molar-refractivity contribution >= 4 is 22.9 Å². The van der Waals surface area contributed by atoms with Crippen LogP contribution in [-0.2, 0) is 0 Å². The molecule has 0 N–H and O–H groups in total. The van der Waals surface area contributed by atoms with E-state index in [4.69, 9.17) is 0 Å². The molecule has 0 aliphatic carbocycles.